The fourth-order valence-corrected chi connectivity index (χ4v) is 2.38. The minimum atomic E-state index is -1.14. The third-order valence-corrected chi connectivity index (χ3v) is 3.65. The van der Waals surface area contributed by atoms with Gasteiger partial charge in [0, 0.05) is 18.7 Å². The van der Waals surface area contributed by atoms with E-state index in [9.17, 15) is 9.59 Å². The number of carbonyl (C=O) groups excluding carboxylic acids is 1. The number of carbonyl (C=O) groups is 2. The molecule has 0 bridgehead atoms. The van der Waals surface area contributed by atoms with Gasteiger partial charge in [0.1, 0.15) is 5.92 Å². The molecule has 1 saturated heterocycles. The number of anilines is 1. The maximum atomic E-state index is 12.0. The summed E-state index contributed by atoms with van der Waals surface area (Å²) in [5, 5.41) is 9.32. The molecule has 0 saturated carbocycles. The summed E-state index contributed by atoms with van der Waals surface area (Å²) in [6.07, 6.45) is 0. The van der Waals surface area contributed by atoms with Crippen LogP contribution >= 0.6 is 11.6 Å². The summed E-state index contributed by atoms with van der Waals surface area (Å²) in [5.74, 6) is -2.64. The first-order valence-corrected chi connectivity index (χ1v) is 6.77. The maximum absolute atomic E-state index is 12.0. The molecule has 0 amide bonds. The van der Waals surface area contributed by atoms with Crippen LogP contribution in [-0.4, -0.2) is 43.2 Å². The normalized spacial score (nSPS) is 16.8. The number of halogens is 1. The molecule has 1 heterocycles. The van der Waals surface area contributed by atoms with Crippen molar-refractivity contribution in [3.63, 3.8) is 0 Å². The highest BCUT2D eigenvalue weighted by Crippen LogP contribution is 2.28. The lowest BCUT2D eigenvalue weighted by molar-refractivity contribution is -0.139. The maximum Gasteiger partial charge on any atom is 0.314 e. The molecule has 20 heavy (non-hydrogen) atoms. The SMILES string of the molecule is CC(C(=O)O)C(=O)c1ccc(N2CCOCC2)c(Cl)c1. The van der Waals surface area contributed by atoms with Gasteiger partial charge in [-0.1, -0.05) is 11.6 Å². The minimum Gasteiger partial charge on any atom is -0.481 e. The van der Waals surface area contributed by atoms with Crippen molar-refractivity contribution in [2.45, 2.75) is 6.92 Å². The molecule has 108 valence electrons. The van der Waals surface area contributed by atoms with Crippen LogP contribution in [0.3, 0.4) is 0 Å². The number of carboxylic acid groups (broad SMARTS) is 1. The molecular weight excluding hydrogens is 282 g/mol. The van der Waals surface area contributed by atoms with Crippen molar-refractivity contribution in [1.29, 1.82) is 0 Å². The number of ether oxygens (including phenoxy) is 1. The predicted octanol–water partition coefficient (Wildman–Crippen LogP) is 2.08. The second-order valence-corrected chi connectivity index (χ2v) is 5.10. The molecule has 0 aromatic heterocycles. The molecule has 1 aliphatic rings. The number of hydrogen-bond donors (Lipinski definition) is 1. The highest BCUT2D eigenvalue weighted by atomic mass is 35.5. The van der Waals surface area contributed by atoms with E-state index in [0.717, 1.165) is 18.8 Å². The summed E-state index contributed by atoms with van der Waals surface area (Å²) in [6.45, 7) is 4.16. The van der Waals surface area contributed by atoms with Gasteiger partial charge in [0.2, 0.25) is 0 Å². The Bertz CT molecular complexity index is 526. The second kappa shape index (κ2) is 6.24. The molecule has 6 heteroatoms. The van der Waals surface area contributed by atoms with Crippen molar-refractivity contribution in [3.05, 3.63) is 28.8 Å². The number of rotatable bonds is 4. The Morgan fingerprint density at radius 1 is 1.35 bits per heavy atom. The minimum absolute atomic E-state index is 0.321. The summed E-state index contributed by atoms with van der Waals surface area (Å²) in [5.41, 5.74) is 1.16. The van der Waals surface area contributed by atoms with Crippen molar-refractivity contribution in [2.24, 2.45) is 5.92 Å². The summed E-state index contributed by atoms with van der Waals surface area (Å²) in [4.78, 5) is 24.9. The Hall–Kier alpha value is -1.59. The first-order valence-electron chi connectivity index (χ1n) is 6.40. The molecule has 1 fully saturated rings. The zero-order valence-electron chi connectivity index (χ0n) is 11.1. The van der Waals surface area contributed by atoms with Gasteiger partial charge in [0.15, 0.2) is 5.78 Å². The largest absolute Gasteiger partial charge is 0.481 e. The first kappa shape index (κ1) is 14.8. The third kappa shape index (κ3) is 3.11. The van der Waals surface area contributed by atoms with Gasteiger partial charge >= 0.3 is 5.97 Å². The van der Waals surface area contributed by atoms with Gasteiger partial charge in [0.25, 0.3) is 0 Å². The van der Waals surface area contributed by atoms with Crippen LogP contribution in [0.5, 0.6) is 0 Å². The molecule has 1 atom stereocenters. The van der Waals surface area contributed by atoms with Crippen LogP contribution in [0.1, 0.15) is 17.3 Å². The Balaban J connectivity index is 2.21. The van der Waals surface area contributed by atoms with E-state index in [2.05, 4.69) is 4.90 Å². The lowest BCUT2D eigenvalue weighted by atomic mass is 9.99. The molecule has 1 aromatic carbocycles. The van der Waals surface area contributed by atoms with Gasteiger partial charge < -0.3 is 14.7 Å². The molecule has 1 unspecified atom stereocenters. The predicted molar refractivity (Wildman–Crippen MR) is 75.6 cm³/mol. The molecule has 2 rings (SSSR count). The van der Waals surface area contributed by atoms with Crippen molar-refractivity contribution in [3.8, 4) is 0 Å². The highest BCUT2D eigenvalue weighted by molar-refractivity contribution is 6.33. The zero-order valence-corrected chi connectivity index (χ0v) is 11.9. The van der Waals surface area contributed by atoms with Crippen LogP contribution in [0.2, 0.25) is 5.02 Å². The van der Waals surface area contributed by atoms with E-state index >= 15 is 0 Å². The van der Waals surface area contributed by atoms with Gasteiger partial charge in [-0.05, 0) is 25.1 Å². The summed E-state index contributed by atoms with van der Waals surface area (Å²) in [7, 11) is 0. The number of nitrogens with zero attached hydrogens (tertiary/aromatic N) is 1. The van der Waals surface area contributed by atoms with Crippen LogP contribution in [0.4, 0.5) is 5.69 Å². The Labute approximate surface area is 122 Å². The quantitative estimate of drug-likeness (QED) is 0.681. The van der Waals surface area contributed by atoms with Crippen molar-refractivity contribution >= 4 is 29.0 Å². The number of morpholine rings is 1. The lowest BCUT2D eigenvalue weighted by Crippen LogP contribution is -2.36. The molecular formula is C14H16ClNO4. The Morgan fingerprint density at radius 3 is 2.55 bits per heavy atom. The number of carboxylic acids is 1. The number of Topliss-reactive ketones (excluding diaryl/α,β-unsaturated/α-hetero) is 1. The number of hydrogen-bond acceptors (Lipinski definition) is 4. The van der Waals surface area contributed by atoms with Gasteiger partial charge in [-0.15, -0.1) is 0 Å². The van der Waals surface area contributed by atoms with E-state index < -0.39 is 17.7 Å². The fourth-order valence-electron chi connectivity index (χ4n) is 2.08. The van der Waals surface area contributed by atoms with E-state index in [1.807, 2.05) is 0 Å². The summed E-state index contributed by atoms with van der Waals surface area (Å²) >= 11 is 6.21. The number of aliphatic carboxylic acids is 1. The molecule has 0 radical (unpaired) electrons. The lowest BCUT2D eigenvalue weighted by Gasteiger charge is -2.29. The summed E-state index contributed by atoms with van der Waals surface area (Å²) in [6, 6.07) is 4.92. The van der Waals surface area contributed by atoms with Crippen LogP contribution < -0.4 is 4.90 Å². The molecule has 0 aliphatic carbocycles. The van der Waals surface area contributed by atoms with Crippen molar-refractivity contribution in [2.75, 3.05) is 31.2 Å². The van der Waals surface area contributed by atoms with Crippen LogP contribution in [0.15, 0.2) is 18.2 Å². The van der Waals surface area contributed by atoms with Gasteiger partial charge in [0.05, 0.1) is 23.9 Å². The van der Waals surface area contributed by atoms with Crippen molar-refractivity contribution < 1.29 is 19.4 Å². The summed E-state index contributed by atoms with van der Waals surface area (Å²) < 4.78 is 5.28. The Morgan fingerprint density at radius 2 is 2.00 bits per heavy atom. The molecule has 0 spiro atoms. The molecule has 1 aliphatic heterocycles. The second-order valence-electron chi connectivity index (χ2n) is 4.69. The molecule has 1 N–H and O–H groups in total. The first-order chi connectivity index (χ1) is 9.50. The van der Waals surface area contributed by atoms with E-state index in [1.165, 1.54) is 13.0 Å². The topological polar surface area (TPSA) is 66.8 Å². The van der Waals surface area contributed by atoms with Gasteiger partial charge in [-0.25, -0.2) is 0 Å². The Kier molecular flexibility index (Phi) is 4.62. The van der Waals surface area contributed by atoms with Gasteiger partial charge in [-0.2, -0.15) is 0 Å². The van der Waals surface area contributed by atoms with E-state index in [0.29, 0.717) is 23.8 Å². The van der Waals surface area contributed by atoms with Crippen LogP contribution in [-0.2, 0) is 9.53 Å². The molecule has 5 nitrogen and oxygen atoms in total. The van der Waals surface area contributed by atoms with Crippen molar-refractivity contribution in [1.82, 2.24) is 0 Å². The average molecular weight is 298 g/mol. The third-order valence-electron chi connectivity index (χ3n) is 3.35. The zero-order chi connectivity index (χ0) is 14.7. The monoisotopic (exact) mass is 297 g/mol. The van der Waals surface area contributed by atoms with Crippen LogP contribution in [0, 0.1) is 5.92 Å². The number of ketones is 1. The van der Waals surface area contributed by atoms with E-state index in [1.54, 1.807) is 12.1 Å². The molecule has 1 aromatic rings. The van der Waals surface area contributed by atoms with E-state index in [4.69, 9.17) is 21.4 Å². The van der Waals surface area contributed by atoms with E-state index in [-0.39, 0.29) is 0 Å². The van der Waals surface area contributed by atoms with Gasteiger partial charge in [-0.3, -0.25) is 9.59 Å². The van der Waals surface area contributed by atoms with Crippen LogP contribution in [0.25, 0.3) is 0 Å². The fraction of sp³-hybridized carbons (Fsp3) is 0.429. The highest BCUT2D eigenvalue weighted by Gasteiger charge is 2.23. The average Bonchev–Trinajstić information content (AvgIpc) is 2.46. The smallest absolute Gasteiger partial charge is 0.314 e. The standard InChI is InChI=1S/C14H16ClNO4/c1-9(14(18)19)13(17)10-2-3-12(11(15)8-10)16-4-6-20-7-5-16/h2-3,8-9H,4-7H2,1H3,(H,18,19). The number of benzene rings is 1.